The summed E-state index contributed by atoms with van der Waals surface area (Å²) in [6.07, 6.45) is 4.84. The van der Waals surface area contributed by atoms with Crippen LogP contribution in [0.1, 0.15) is 41.6 Å². The molecule has 0 saturated heterocycles. The number of rotatable bonds is 4. The Morgan fingerprint density at radius 2 is 2.00 bits per heavy atom. The summed E-state index contributed by atoms with van der Waals surface area (Å²) in [5.41, 5.74) is 1.90. The smallest absolute Gasteiger partial charge is 0.251 e. The van der Waals surface area contributed by atoms with Crippen LogP contribution in [-0.2, 0) is 0 Å². The van der Waals surface area contributed by atoms with E-state index in [9.17, 15) is 4.79 Å². The lowest BCUT2D eigenvalue weighted by atomic mass is 9.95. The number of halogens is 1. The van der Waals surface area contributed by atoms with E-state index in [2.05, 4.69) is 40.2 Å². The topological polar surface area (TPSA) is 32.3 Å². The molecule has 2 rings (SSSR count). The average molecular weight is 339 g/mol. The molecule has 1 aliphatic carbocycles. The molecular formula is C16H23BrN2O. The van der Waals surface area contributed by atoms with Crippen molar-refractivity contribution in [2.45, 2.75) is 38.1 Å². The van der Waals surface area contributed by atoms with Gasteiger partial charge in [-0.2, -0.15) is 0 Å². The van der Waals surface area contributed by atoms with Gasteiger partial charge in [0.15, 0.2) is 0 Å². The van der Waals surface area contributed by atoms with Gasteiger partial charge in [0.05, 0.1) is 0 Å². The normalized spacial score (nSPS) is 17.4. The molecule has 0 aliphatic heterocycles. The maximum Gasteiger partial charge on any atom is 0.251 e. The molecule has 110 valence electrons. The summed E-state index contributed by atoms with van der Waals surface area (Å²) >= 11 is 3.43. The predicted octanol–water partition coefficient (Wildman–Crippen LogP) is 3.36. The van der Waals surface area contributed by atoms with Gasteiger partial charge >= 0.3 is 0 Å². The number of nitrogens with one attached hydrogen (secondary N) is 1. The molecule has 1 N–H and O–H groups in total. The van der Waals surface area contributed by atoms with Crippen LogP contribution in [0.2, 0.25) is 0 Å². The van der Waals surface area contributed by atoms with Crippen molar-refractivity contribution in [1.82, 2.24) is 10.2 Å². The van der Waals surface area contributed by atoms with E-state index in [0.717, 1.165) is 35.0 Å². The van der Waals surface area contributed by atoms with Crippen LogP contribution in [0.4, 0.5) is 0 Å². The number of amides is 1. The molecule has 20 heavy (non-hydrogen) atoms. The van der Waals surface area contributed by atoms with Crippen molar-refractivity contribution in [2.24, 2.45) is 0 Å². The zero-order chi connectivity index (χ0) is 14.8. The van der Waals surface area contributed by atoms with Gasteiger partial charge in [-0.05, 0) is 51.6 Å². The third-order valence-electron chi connectivity index (χ3n) is 4.51. The number of carbonyl (C=O) groups is 1. The van der Waals surface area contributed by atoms with E-state index in [1.54, 1.807) is 0 Å². The van der Waals surface area contributed by atoms with Crippen molar-refractivity contribution in [3.05, 3.63) is 33.8 Å². The molecule has 0 atom stereocenters. The Morgan fingerprint density at radius 3 is 2.60 bits per heavy atom. The van der Waals surface area contributed by atoms with Gasteiger partial charge in [0.1, 0.15) is 0 Å². The molecule has 1 amide bonds. The van der Waals surface area contributed by atoms with Crippen molar-refractivity contribution in [3.8, 4) is 0 Å². The maximum atomic E-state index is 12.4. The molecule has 0 spiro atoms. The van der Waals surface area contributed by atoms with Crippen LogP contribution >= 0.6 is 15.9 Å². The maximum absolute atomic E-state index is 12.4. The molecule has 1 fully saturated rings. The molecule has 4 heteroatoms. The molecule has 1 aromatic carbocycles. The summed E-state index contributed by atoms with van der Waals surface area (Å²) in [6, 6.07) is 5.82. The Morgan fingerprint density at radius 1 is 1.35 bits per heavy atom. The number of benzene rings is 1. The second kappa shape index (κ2) is 6.27. The van der Waals surface area contributed by atoms with Crippen LogP contribution in [0.3, 0.4) is 0 Å². The van der Waals surface area contributed by atoms with Gasteiger partial charge in [-0.25, -0.2) is 0 Å². The SMILES string of the molecule is Cc1ccc(Br)cc1C(=O)NCC1(N(C)C)CCCC1. The van der Waals surface area contributed by atoms with Gasteiger partial charge in [0.2, 0.25) is 0 Å². The van der Waals surface area contributed by atoms with Crippen LogP contribution < -0.4 is 5.32 Å². The fourth-order valence-corrected chi connectivity index (χ4v) is 3.36. The van der Waals surface area contributed by atoms with E-state index >= 15 is 0 Å². The van der Waals surface area contributed by atoms with Crippen molar-refractivity contribution in [3.63, 3.8) is 0 Å². The monoisotopic (exact) mass is 338 g/mol. The first-order chi connectivity index (χ1) is 9.44. The van der Waals surface area contributed by atoms with Gasteiger partial charge in [-0.15, -0.1) is 0 Å². The Balaban J connectivity index is 2.06. The summed E-state index contributed by atoms with van der Waals surface area (Å²) < 4.78 is 0.941. The lowest BCUT2D eigenvalue weighted by molar-refractivity contribution is 0.0899. The summed E-state index contributed by atoms with van der Waals surface area (Å²) in [5, 5.41) is 3.13. The van der Waals surface area contributed by atoms with E-state index < -0.39 is 0 Å². The first kappa shape index (κ1) is 15.5. The number of nitrogens with zero attached hydrogens (tertiary/aromatic N) is 1. The van der Waals surface area contributed by atoms with E-state index in [1.807, 2.05) is 25.1 Å². The minimum absolute atomic E-state index is 0.0249. The van der Waals surface area contributed by atoms with Crippen LogP contribution in [0, 0.1) is 6.92 Å². The number of likely N-dealkylation sites (N-methyl/N-ethyl adjacent to an activating group) is 1. The largest absolute Gasteiger partial charge is 0.350 e. The van der Waals surface area contributed by atoms with Crippen LogP contribution in [-0.4, -0.2) is 37.0 Å². The van der Waals surface area contributed by atoms with E-state index in [4.69, 9.17) is 0 Å². The average Bonchev–Trinajstić information content (AvgIpc) is 2.89. The zero-order valence-electron chi connectivity index (χ0n) is 12.5. The van der Waals surface area contributed by atoms with Gasteiger partial charge in [-0.1, -0.05) is 34.8 Å². The first-order valence-electron chi connectivity index (χ1n) is 7.16. The Kier molecular flexibility index (Phi) is 4.86. The van der Waals surface area contributed by atoms with Gasteiger partial charge in [0.25, 0.3) is 5.91 Å². The molecule has 0 aromatic heterocycles. The Hall–Kier alpha value is -0.870. The molecule has 3 nitrogen and oxygen atoms in total. The van der Waals surface area contributed by atoms with Crippen molar-refractivity contribution < 1.29 is 4.79 Å². The second-order valence-electron chi connectivity index (χ2n) is 5.97. The molecule has 0 heterocycles. The molecule has 0 bridgehead atoms. The molecule has 1 aromatic rings. The van der Waals surface area contributed by atoms with Crippen molar-refractivity contribution >= 4 is 21.8 Å². The van der Waals surface area contributed by atoms with Gasteiger partial charge < -0.3 is 10.2 Å². The summed E-state index contributed by atoms with van der Waals surface area (Å²) in [4.78, 5) is 14.7. The number of carbonyl (C=O) groups excluding carboxylic acids is 1. The van der Waals surface area contributed by atoms with E-state index in [1.165, 1.54) is 12.8 Å². The minimum Gasteiger partial charge on any atom is -0.350 e. The predicted molar refractivity (Wildman–Crippen MR) is 86.1 cm³/mol. The highest BCUT2D eigenvalue weighted by molar-refractivity contribution is 9.10. The quantitative estimate of drug-likeness (QED) is 0.912. The fraction of sp³-hybridized carbons (Fsp3) is 0.562. The van der Waals surface area contributed by atoms with Gasteiger partial charge in [0, 0.05) is 22.1 Å². The lowest BCUT2D eigenvalue weighted by Crippen LogP contribution is -2.50. The molecular weight excluding hydrogens is 316 g/mol. The number of hydrogen-bond donors (Lipinski definition) is 1. The summed E-state index contributed by atoms with van der Waals surface area (Å²) in [6.45, 7) is 2.70. The number of aryl methyl sites for hydroxylation is 1. The van der Waals surface area contributed by atoms with Crippen molar-refractivity contribution in [2.75, 3.05) is 20.6 Å². The van der Waals surface area contributed by atoms with Crippen LogP contribution in [0.15, 0.2) is 22.7 Å². The van der Waals surface area contributed by atoms with E-state index in [-0.39, 0.29) is 11.4 Å². The fourth-order valence-electron chi connectivity index (χ4n) is 2.99. The summed E-state index contributed by atoms with van der Waals surface area (Å²) in [5.74, 6) is 0.0249. The Bertz CT molecular complexity index is 493. The lowest BCUT2D eigenvalue weighted by Gasteiger charge is -2.36. The Labute approximate surface area is 129 Å². The zero-order valence-corrected chi connectivity index (χ0v) is 14.1. The van der Waals surface area contributed by atoms with Crippen LogP contribution in [0.5, 0.6) is 0 Å². The highest BCUT2D eigenvalue weighted by Gasteiger charge is 2.36. The molecule has 0 radical (unpaired) electrons. The third kappa shape index (κ3) is 3.23. The second-order valence-corrected chi connectivity index (χ2v) is 6.88. The minimum atomic E-state index is 0.0249. The molecule has 1 saturated carbocycles. The summed E-state index contributed by atoms with van der Waals surface area (Å²) in [7, 11) is 4.23. The molecule has 0 unspecified atom stereocenters. The van der Waals surface area contributed by atoms with Crippen molar-refractivity contribution in [1.29, 1.82) is 0 Å². The first-order valence-corrected chi connectivity index (χ1v) is 7.96. The standard InChI is InChI=1S/C16H23BrN2O/c1-12-6-7-13(17)10-14(12)15(20)18-11-16(19(2)3)8-4-5-9-16/h6-7,10H,4-5,8-9,11H2,1-3H3,(H,18,20). The highest BCUT2D eigenvalue weighted by Crippen LogP contribution is 2.33. The highest BCUT2D eigenvalue weighted by atomic mass is 79.9. The van der Waals surface area contributed by atoms with Crippen LogP contribution in [0.25, 0.3) is 0 Å². The third-order valence-corrected chi connectivity index (χ3v) is 5.00. The number of hydrogen-bond acceptors (Lipinski definition) is 2. The van der Waals surface area contributed by atoms with Gasteiger partial charge in [-0.3, -0.25) is 4.79 Å². The molecule has 1 aliphatic rings. The van der Waals surface area contributed by atoms with E-state index in [0.29, 0.717) is 0 Å².